The highest BCUT2D eigenvalue weighted by atomic mass is 32.1. The summed E-state index contributed by atoms with van der Waals surface area (Å²) in [7, 11) is 3.93. The van der Waals surface area contributed by atoms with E-state index in [1.165, 1.54) is 11.3 Å². The maximum absolute atomic E-state index is 12.7. The third-order valence-corrected chi connectivity index (χ3v) is 6.67. The Hall–Kier alpha value is -4.97. The predicted molar refractivity (Wildman–Crippen MR) is 155 cm³/mol. The first-order chi connectivity index (χ1) is 19.5. The number of alkyl halides is 3. The van der Waals surface area contributed by atoms with Crippen molar-refractivity contribution < 1.29 is 27.9 Å². The number of nitrogens with one attached hydrogen (secondary N) is 2. The van der Waals surface area contributed by atoms with Crippen molar-refractivity contribution in [2.45, 2.75) is 6.18 Å². The van der Waals surface area contributed by atoms with E-state index < -0.39 is 12.1 Å². The van der Waals surface area contributed by atoms with Gasteiger partial charge in [0.25, 0.3) is 5.91 Å². The van der Waals surface area contributed by atoms with Gasteiger partial charge in [0, 0.05) is 35.7 Å². The molecule has 0 aliphatic rings. The van der Waals surface area contributed by atoms with Gasteiger partial charge in [-0.05, 0) is 54.1 Å². The van der Waals surface area contributed by atoms with Crippen LogP contribution >= 0.6 is 11.3 Å². The Labute approximate surface area is 237 Å². The van der Waals surface area contributed by atoms with Crippen molar-refractivity contribution in [1.82, 2.24) is 9.97 Å². The molecule has 41 heavy (non-hydrogen) atoms. The average molecular weight is 580 g/mol. The summed E-state index contributed by atoms with van der Waals surface area (Å²) in [6.07, 6.45) is -5.08. The molecule has 12 heteroatoms. The number of carbonyl (C=O) groups is 2. The van der Waals surface area contributed by atoms with Crippen molar-refractivity contribution in [3.8, 4) is 10.4 Å². The predicted octanol–water partition coefficient (Wildman–Crippen LogP) is 7.05. The van der Waals surface area contributed by atoms with Gasteiger partial charge in [-0.2, -0.15) is 18.2 Å². The summed E-state index contributed by atoms with van der Waals surface area (Å²) in [6.45, 7) is 0. The van der Waals surface area contributed by atoms with E-state index in [-0.39, 0.29) is 5.91 Å². The molecule has 3 N–H and O–H groups in total. The smallest absolute Gasteiger partial charge is 0.475 e. The molecule has 0 spiro atoms. The van der Waals surface area contributed by atoms with E-state index >= 15 is 0 Å². The summed E-state index contributed by atoms with van der Waals surface area (Å²) in [4.78, 5) is 34.6. The van der Waals surface area contributed by atoms with Crippen molar-refractivity contribution in [3.05, 3.63) is 95.9 Å². The van der Waals surface area contributed by atoms with E-state index in [4.69, 9.17) is 9.90 Å². The number of halogens is 3. The molecule has 0 aliphatic heterocycles. The van der Waals surface area contributed by atoms with Crippen LogP contribution in [0.25, 0.3) is 21.3 Å². The number of hydrogen-bond acceptors (Lipinski definition) is 7. The highest BCUT2D eigenvalue weighted by Crippen LogP contribution is 2.29. The Morgan fingerprint density at radius 2 is 1.44 bits per heavy atom. The van der Waals surface area contributed by atoms with Crippen LogP contribution in [-0.2, 0) is 4.79 Å². The summed E-state index contributed by atoms with van der Waals surface area (Å²) >= 11 is 1.48. The lowest BCUT2D eigenvalue weighted by Gasteiger charge is -2.16. The van der Waals surface area contributed by atoms with Crippen molar-refractivity contribution in [3.63, 3.8) is 0 Å². The van der Waals surface area contributed by atoms with Gasteiger partial charge in [-0.15, -0.1) is 11.3 Å². The minimum absolute atomic E-state index is 0.124. The number of carboxylic acid groups (broad SMARTS) is 1. The minimum atomic E-state index is -5.08. The van der Waals surface area contributed by atoms with Crippen LogP contribution < -0.4 is 15.5 Å². The highest BCUT2D eigenvalue weighted by molar-refractivity contribution is 7.17. The van der Waals surface area contributed by atoms with Gasteiger partial charge in [-0.3, -0.25) is 4.79 Å². The van der Waals surface area contributed by atoms with E-state index in [0.717, 1.165) is 38.5 Å². The first kappa shape index (κ1) is 29.0. The van der Waals surface area contributed by atoms with E-state index in [9.17, 15) is 18.0 Å². The molecule has 0 unspecified atom stereocenters. The molecular formula is C29H24F3N5O3S. The van der Waals surface area contributed by atoms with Crippen LogP contribution in [0.5, 0.6) is 0 Å². The monoisotopic (exact) mass is 579 g/mol. The molecule has 0 atom stereocenters. The molecule has 210 valence electrons. The number of carboxylic acids is 1. The molecule has 8 nitrogen and oxygen atoms in total. The molecule has 2 aromatic heterocycles. The normalized spacial score (nSPS) is 10.9. The van der Waals surface area contributed by atoms with Crippen molar-refractivity contribution in [2.24, 2.45) is 0 Å². The quantitative estimate of drug-likeness (QED) is 0.198. The average Bonchev–Trinajstić information content (AvgIpc) is 3.45. The maximum Gasteiger partial charge on any atom is 0.490 e. The van der Waals surface area contributed by atoms with Gasteiger partial charge in [-0.1, -0.05) is 42.5 Å². The number of anilines is 4. The Balaban J connectivity index is 0.000000493. The molecule has 1 amide bonds. The maximum atomic E-state index is 12.7. The van der Waals surface area contributed by atoms with Crippen LogP contribution in [0.1, 0.15) is 9.67 Å². The fourth-order valence-corrected chi connectivity index (χ4v) is 4.54. The number of nitrogens with zero attached hydrogens (tertiary/aromatic N) is 3. The summed E-state index contributed by atoms with van der Waals surface area (Å²) in [6, 6.07) is 29.3. The first-order valence-electron chi connectivity index (χ1n) is 12.1. The van der Waals surface area contributed by atoms with Gasteiger partial charge >= 0.3 is 12.1 Å². The van der Waals surface area contributed by atoms with Crippen LogP contribution in [0.4, 0.5) is 36.3 Å². The molecule has 5 rings (SSSR count). The number of aromatic nitrogens is 2. The number of amides is 1. The number of aliphatic carboxylic acids is 1. The van der Waals surface area contributed by atoms with E-state index in [0.29, 0.717) is 10.8 Å². The van der Waals surface area contributed by atoms with Gasteiger partial charge in [-0.25, -0.2) is 9.78 Å². The van der Waals surface area contributed by atoms with Crippen LogP contribution in [0.3, 0.4) is 0 Å². The second-order valence-electron chi connectivity index (χ2n) is 8.77. The number of carbonyl (C=O) groups excluding carboxylic acids is 1. The second kappa shape index (κ2) is 12.5. The van der Waals surface area contributed by atoms with Crippen molar-refractivity contribution >= 4 is 57.3 Å². The summed E-state index contributed by atoms with van der Waals surface area (Å²) < 4.78 is 31.7. The third kappa shape index (κ3) is 7.57. The Morgan fingerprint density at radius 3 is 2.07 bits per heavy atom. The SMILES string of the molecule is CN(C)c1nc(Nc2ccc(NC(=O)c3ccc(-c4ccccc4)s3)cc2)nc2ccccc12.O=C(O)C(F)(F)F. The molecule has 0 saturated heterocycles. The second-order valence-corrected chi connectivity index (χ2v) is 9.86. The Bertz CT molecular complexity index is 1660. The molecule has 2 heterocycles. The molecule has 0 radical (unpaired) electrons. The molecule has 3 aromatic carbocycles. The standard InChI is InChI=1S/C27H23N5OS.C2HF3O2/c1-32(2)25-21-10-6-7-11-22(21)30-27(31-25)29-20-14-12-19(13-15-20)28-26(33)24-17-16-23(34-24)18-8-4-3-5-9-18;3-2(4,5)1(6)7/h3-17H,1-2H3,(H,28,33)(H,29,30,31);(H,6,7). The Morgan fingerprint density at radius 1 is 0.829 bits per heavy atom. The first-order valence-corrected chi connectivity index (χ1v) is 12.9. The minimum Gasteiger partial charge on any atom is -0.475 e. The fraction of sp³-hybridized carbons (Fsp3) is 0.103. The van der Waals surface area contributed by atoms with Crippen LogP contribution in [0.15, 0.2) is 91.0 Å². The van der Waals surface area contributed by atoms with Gasteiger partial charge in [0.1, 0.15) is 5.82 Å². The van der Waals surface area contributed by atoms with Crippen molar-refractivity contribution in [1.29, 1.82) is 0 Å². The number of hydrogen-bond donors (Lipinski definition) is 3. The van der Waals surface area contributed by atoms with Crippen molar-refractivity contribution in [2.75, 3.05) is 29.6 Å². The number of thiophene rings is 1. The summed E-state index contributed by atoms with van der Waals surface area (Å²) in [5, 5.41) is 14.4. The zero-order valence-corrected chi connectivity index (χ0v) is 22.6. The zero-order chi connectivity index (χ0) is 29.6. The fourth-order valence-electron chi connectivity index (χ4n) is 3.63. The van der Waals surface area contributed by atoms with Gasteiger partial charge in [0.05, 0.1) is 10.4 Å². The molecule has 0 bridgehead atoms. The van der Waals surface area contributed by atoms with Crippen LogP contribution in [0.2, 0.25) is 0 Å². The highest BCUT2D eigenvalue weighted by Gasteiger charge is 2.38. The lowest BCUT2D eigenvalue weighted by molar-refractivity contribution is -0.192. The number of rotatable bonds is 6. The van der Waals surface area contributed by atoms with Crippen LogP contribution in [-0.4, -0.2) is 47.2 Å². The largest absolute Gasteiger partial charge is 0.490 e. The zero-order valence-electron chi connectivity index (χ0n) is 21.8. The van der Waals surface area contributed by atoms with Gasteiger partial charge in [0.15, 0.2) is 0 Å². The van der Waals surface area contributed by atoms with E-state index in [2.05, 4.69) is 20.6 Å². The lowest BCUT2D eigenvalue weighted by atomic mass is 10.2. The molecular weight excluding hydrogens is 555 g/mol. The number of para-hydroxylation sites is 1. The summed E-state index contributed by atoms with van der Waals surface area (Å²) in [5.41, 5.74) is 3.54. The Kier molecular flexibility index (Phi) is 8.83. The van der Waals surface area contributed by atoms with E-state index in [1.807, 2.05) is 110 Å². The molecule has 0 saturated carbocycles. The third-order valence-electron chi connectivity index (χ3n) is 5.54. The molecule has 0 fully saturated rings. The van der Waals surface area contributed by atoms with Crippen LogP contribution in [0, 0.1) is 0 Å². The van der Waals surface area contributed by atoms with Gasteiger partial charge in [0.2, 0.25) is 5.95 Å². The van der Waals surface area contributed by atoms with Gasteiger partial charge < -0.3 is 20.6 Å². The number of fused-ring (bicyclic) bond motifs is 1. The molecule has 0 aliphatic carbocycles. The molecule has 5 aromatic rings. The summed E-state index contributed by atoms with van der Waals surface area (Å²) in [5.74, 6) is -1.51. The number of benzene rings is 3. The van der Waals surface area contributed by atoms with E-state index in [1.54, 1.807) is 0 Å². The topological polar surface area (TPSA) is 107 Å². The lowest BCUT2D eigenvalue weighted by Crippen LogP contribution is -2.21.